The number of amides is 1. The van der Waals surface area contributed by atoms with Crippen LogP contribution in [-0.4, -0.2) is 68.3 Å². The first-order valence-electron chi connectivity index (χ1n) is 11.2. The Bertz CT molecular complexity index is 1240. The summed E-state index contributed by atoms with van der Waals surface area (Å²) >= 11 is 0. The summed E-state index contributed by atoms with van der Waals surface area (Å²) in [5.41, 5.74) is 2.92. The molecule has 0 saturated carbocycles. The van der Waals surface area contributed by atoms with E-state index in [1.54, 1.807) is 17.9 Å². The van der Waals surface area contributed by atoms with Gasteiger partial charge >= 0.3 is 0 Å². The molecule has 2 unspecified atom stereocenters. The fourth-order valence-corrected chi connectivity index (χ4v) is 5.98. The average Bonchev–Trinajstić information content (AvgIpc) is 3.43. The molecule has 4 rings (SSSR count). The van der Waals surface area contributed by atoms with Crippen LogP contribution in [-0.2, 0) is 9.84 Å². The lowest BCUT2D eigenvalue weighted by Gasteiger charge is -2.24. The van der Waals surface area contributed by atoms with Crippen LogP contribution in [0.2, 0.25) is 0 Å². The molecule has 1 N–H and O–H groups in total. The van der Waals surface area contributed by atoms with E-state index in [4.69, 9.17) is 4.74 Å². The highest BCUT2D eigenvalue weighted by atomic mass is 32.2. The maximum absolute atomic E-state index is 13.1. The van der Waals surface area contributed by atoms with Crippen LogP contribution in [0.25, 0.3) is 11.3 Å². The number of likely N-dealkylation sites (N-methyl/N-ethyl adjacent to an activating group) is 1. The Labute approximate surface area is 200 Å². The lowest BCUT2D eigenvalue weighted by Crippen LogP contribution is -2.34. The Balaban J connectivity index is 1.60. The topological polar surface area (TPSA) is 93.5 Å². The third-order valence-corrected chi connectivity index (χ3v) is 7.92. The van der Waals surface area contributed by atoms with Gasteiger partial charge in [0.05, 0.1) is 36.4 Å². The minimum absolute atomic E-state index is 0.00766. The lowest BCUT2D eigenvalue weighted by molar-refractivity contribution is 0.0936. The molecule has 8 nitrogen and oxygen atoms in total. The zero-order valence-electron chi connectivity index (χ0n) is 19.6. The summed E-state index contributed by atoms with van der Waals surface area (Å²) in [6, 6.07) is 18.9. The van der Waals surface area contributed by atoms with Gasteiger partial charge in [0.1, 0.15) is 5.75 Å². The van der Waals surface area contributed by atoms with Crippen molar-refractivity contribution in [3.05, 3.63) is 71.9 Å². The van der Waals surface area contributed by atoms with Crippen molar-refractivity contribution in [3.8, 4) is 17.0 Å². The van der Waals surface area contributed by atoms with E-state index in [-0.39, 0.29) is 35.2 Å². The van der Waals surface area contributed by atoms with Crippen LogP contribution in [0.15, 0.2) is 60.7 Å². The van der Waals surface area contributed by atoms with Crippen molar-refractivity contribution >= 4 is 15.7 Å². The quantitative estimate of drug-likeness (QED) is 0.531. The third-order valence-electron chi connectivity index (χ3n) is 6.17. The predicted octanol–water partition coefficient (Wildman–Crippen LogP) is 2.95. The van der Waals surface area contributed by atoms with Crippen LogP contribution in [0.1, 0.15) is 34.6 Å². The number of nitrogens with one attached hydrogen (secondary N) is 1. The number of sulfone groups is 1. The number of aromatic nitrogens is 2. The van der Waals surface area contributed by atoms with Crippen LogP contribution in [0.5, 0.6) is 5.75 Å². The number of benzene rings is 2. The summed E-state index contributed by atoms with van der Waals surface area (Å²) in [4.78, 5) is 15.2. The summed E-state index contributed by atoms with van der Waals surface area (Å²) < 4.78 is 31.2. The van der Waals surface area contributed by atoms with Gasteiger partial charge in [-0.2, -0.15) is 5.10 Å². The van der Waals surface area contributed by atoms with Gasteiger partial charge in [0, 0.05) is 12.1 Å². The second-order valence-corrected chi connectivity index (χ2v) is 11.0. The number of hydrogen-bond donors (Lipinski definition) is 1. The van der Waals surface area contributed by atoms with E-state index in [9.17, 15) is 13.2 Å². The summed E-state index contributed by atoms with van der Waals surface area (Å²) in [6.45, 7) is 0.415. The maximum Gasteiger partial charge on any atom is 0.271 e. The molecule has 1 aliphatic heterocycles. The molecule has 2 atom stereocenters. The number of carbonyl (C=O) groups is 1. The van der Waals surface area contributed by atoms with Crippen molar-refractivity contribution in [1.82, 2.24) is 20.0 Å². The van der Waals surface area contributed by atoms with Crippen LogP contribution in [0.4, 0.5) is 0 Å². The summed E-state index contributed by atoms with van der Waals surface area (Å²) in [7, 11) is 2.43. The monoisotopic (exact) mass is 482 g/mol. The molecule has 2 heterocycles. The molecule has 1 aliphatic rings. The van der Waals surface area contributed by atoms with Crippen molar-refractivity contribution in [2.45, 2.75) is 18.5 Å². The molecule has 0 bridgehead atoms. The highest BCUT2D eigenvalue weighted by Gasteiger charge is 2.32. The van der Waals surface area contributed by atoms with E-state index in [1.165, 1.54) is 0 Å². The molecule has 1 saturated heterocycles. The molecular weight excluding hydrogens is 452 g/mol. The summed E-state index contributed by atoms with van der Waals surface area (Å²) in [5.74, 6) is 0.571. The molecule has 3 aromatic rings. The normalized spacial score (nSPS) is 18.1. The van der Waals surface area contributed by atoms with Crippen molar-refractivity contribution in [1.29, 1.82) is 0 Å². The van der Waals surface area contributed by atoms with Gasteiger partial charge in [0.25, 0.3) is 5.91 Å². The zero-order chi connectivity index (χ0) is 24.3. The van der Waals surface area contributed by atoms with Crippen molar-refractivity contribution < 1.29 is 17.9 Å². The van der Waals surface area contributed by atoms with Crippen LogP contribution in [0, 0.1) is 0 Å². The fraction of sp³-hybridized carbons (Fsp3) is 0.360. The largest absolute Gasteiger partial charge is 0.497 e. The van der Waals surface area contributed by atoms with Gasteiger partial charge < -0.3 is 15.0 Å². The third kappa shape index (κ3) is 5.31. The Morgan fingerprint density at radius 1 is 1.18 bits per heavy atom. The number of methoxy groups -OCH3 is 1. The molecule has 1 fully saturated rings. The summed E-state index contributed by atoms with van der Waals surface area (Å²) in [5, 5.41) is 7.57. The van der Waals surface area contributed by atoms with E-state index in [2.05, 4.69) is 15.3 Å². The number of nitrogens with zero attached hydrogens (tertiary/aromatic N) is 3. The Morgan fingerprint density at radius 3 is 2.47 bits per heavy atom. The molecular formula is C25H30N4O4S. The van der Waals surface area contributed by atoms with E-state index >= 15 is 0 Å². The highest BCUT2D eigenvalue weighted by Crippen LogP contribution is 2.31. The Kier molecular flexibility index (Phi) is 7.04. The molecule has 9 heteroatoms. The second-order valence-electron chi connectivity index (χ2n) is 8.74. The van der Waals surface area contributed by atoms with Gasteiger partial charge in [-0.25, -0.2) is 8.42 Å². The molecule has 0 spiro atoms. The standard InChI is InChI=1S/C25H30N4O4S/c1-28(2)24(18-7-5-4-6-8-18)16-26-25(30)22-15-23(19-9-11-21(33-3)12-10-19)29(27-22)20-13-14-34(31,32)17-20/h4-12,15,20,24H,13-14,16-17H2,1-3H3,(H,26,30). The van der Waals surface area contributed by atoms with Crippen molar-refractivity contribution in [2.24, 2.45) is 0 Å². The van der Waals surface area contributed by atoms with Crippen molar-refractivity contribution in [3.63, 3.8) is 0 Å². The predicted molar refractivity (Wildman–Crippen MR) is 132 cm³/mol. The SMILES string of the molecule is COc1ccc(-c2cc(C(=O)NCC(c3ccccc3)N(C)C)nn2C2CCS(=O)(=O)C2)cc1. The molecule has 34 heavy (non-hydrogen) atoms. The van der Waals surface area contributed by atoms with Gasteiger partial charge in [0.15, 0.2) is 15.5 Å². The molecule has 1 aromatic heterocycles. The van der Waals surface area contributed by atoms with E-state index in [1.807, 2.05) is 68.7 Å². The maximum atomic E-state index is 13.1. The zero-order valence-corrected chi connectivity index (χ0v) is 20.5. The molecule has 2 aromatic carbocycles. The number of ether oxygens (including phenoxy) is 1. The minimum atomic E-state index is -3.11. The first-order valence-corrected chi connectivity index (χ1v) is 13.0. The molecule has 0 aliphatic carbocycles. The van der Waals surface area contributed by atoms with Crippen LogP contribution < -0.4 is 10.1 Å². The molecule has 1 amide bonds. The minimum Gasteiger partial charge on any atom is -0.497 e. The van der Waals surface area contributed by atoms with Gasteiger partial charge in [-0.15, -0.1) is 0 Å². The van der Waals surface area contributed by atoms with Crippen molar-refractivity contribution in [2.75, 3.05) is 39.3 Å². The summed E-state index contributed by atoms with van der Waals surface area (Å²) in [6.07, 6.45) is 0.477. The van der Waals surface area contributed by atoms with Crippen LogP contribution >= 0.6 is 0 Å². The number of carbonyl (C=O) groups excluding carboxylic acids is 1. The molecule has 0 radical (unpaired) electrons. The number of hydrogen-bond acceptors (Lipinski definition) is 6. The number of rotatable bonds is 8. The van der Waals surface area contributed by atoms with E-state index in [0.717, 1.165) is 11.1 Å². The Hall–Kier alpha value is -3.17. The first kappa shape index (κ1) is 24.0. The smallest absolute Gasteiger partial charge is 0.271 e. The molecule has 180 valence electrons. The van der Waals surface area contributed by atoms with Gasteiger partial charge in [-0.3, -0.25) is 9.48 Å². The van der Waals surface area contributed by atoms with Gasteiger partial charge in [0.2, 0.25) is 0 Å². The first-order chi connectivity index (χ1) is 16.3. The van der Waals surface area contributed by atoms with Gasteiger partial charge in [-0.05, 0) is 56.4 Å². The average molecular weight is 483 g/mol. The van der Waals surface area contributed by atoms with Crippen LogP contribution in [0.3, 0.4) is 0 Å². The van der Waals surface area contributed by atoms with E-state index in [0.29, 0.717) is 24.4 Å². The van der Waals surface area contributed by atoms with Gasteiger partial charge in [-0.1, -0.05) is 30.3 Å². The fourth-order valence-electron chi connectivity index (χ4n) is 4.28. The lowest BCUT2D eigenvalue weighted by atomic mass is 10.1. The Morgan fingerprint density at radius 2 is 1.88 bits per heavy atom. The van der Waals surface area contributed by atoms with E-state index < -0.39 is 9.84 Å². The second kappa shape index (κ2) is 9.99. The highest BCUT2D eigenvalue weighted by molar-refractivity contribution is 7.91.